The lowest BCUT2D eigenvalue weighted by atomic mass is 9.82. The third-order valence-electron chi connectivity index (χ3n) is 5.28. The monoisotopic (exact) mass is 272 g/mol. The molecule has 2 aliphatic carbocycles. The van der Waals surface area contributed by atoms with Crippen molar-refractivity contribution in [2.24, 2.45) is 5.92 Å². The molecule has 1 aromatic rings. The lowest BCUT2D eigenvalue weighted by molar-refractivity contribution is 0.279. The minimum absolute atomic E-state index is 0.647. The predicted octanol–water partition coefficient (Wildman–Crippen LogP) is 4.06. The zero-order valence-electron chi connectivity index (χ0n) is 12.8. The van der Waals surface area contributed by atoms with Crippen molar-refractivity contribution in [2.75, 3.05) is 6.54 Å². The van der Waals surface area contributed by atoms with Crippen LogP contribution in [0.4, 0.5) is 0 Å². The minimum atomic E-state index is 0.647. The molecule has 20 heavy (non-hydrogen) atoms. The maximum atomic E-state index is 4.72. The third-order valence-corrected chi connectivity index (χ3v) is 5.28. The Morgan fingerprint density at radius 2 is 2.00 bits per heavy atom. The van der Waals surface area contributed by atoms with Gasteiger partial charge in [0, 0.05) is 23.9 Å². The molecule has 2 heteroatoms. The van der Waals surface area contributed by atoms with Crippen molar-refractivity contribution in [1.82, 2.24) is 10.3 Å². The second kappa shape index (κ2) is 6.71. The summed E-state index contributed by atoms with van der Waals surface area (Å²) in [7, 11) is 0. The van der Waals surface area contributed by atoms with E-state index in [1.54, 1.807) is 0 Å². The standard InChI is InChI=1S/C18H28N2/c1-2-19-17(14-8-5-3-4-6-9-14)16-12-11-15-10-7-13-20-18(15)16/h7,10,13-14,16-17,19H,2-6,8-9,11-12H2,1H3. The number of nitrogens with zero attached hydrogens (tertiary/aromatic N) is 1. The highest BCUT2D eigenvalue weighted by molar-refractivity contribution is 5.30. The molecular weight excluding hydrogens is 244 g/mol. The highest BCUT2D eigenvalue weighted by atomic mass is 14.9. The second-order valence-electron chi connectivity index (χ2n) is 6.53. The molecule has 2 nitrogen and oxygen atoms in total. The first-order chi connectivity index (χ1) is 9.90. The summed E-state index contributed by atoms with van der Waals surface area (Å²) >= 11 is 0. The molecule has 0 amide bonds. The van der Waals surface area contributed by atoms with E-state index in [-0.39, 0.29) is 0 Å². The van der Waals surface area contributed by atoms with Gasteiger partial charge in [0.15, 0.2) is 0 Å². The first-order valence-electron chi connectivity index (χ1n) is 8.57. The van der Waals surface area contributed by atoms with Crippen molar-refractivity contribution >= 4 is 0 Å². The average Bonchev–Trinajstić information content (AvgIpc) is 2.71. The van der Waals surface area contributed by atoms with Gasteiger partial charge in [-0.15, -0.1) is 0 Å². The molecule has 0 bridgehead atoms. The number of rotatable bonds is 4. The molecule has 2 atom stereocenters. The van der Waals surface area contributed by atoms with Crippen LogP contribution in [0.5, 0.6) is 0 Å². The summed E-state index contributed by atoms with van der Waals surface area (Å²) in [6, 6.07) is 5.02. The van der Waals surface area contributed by atoms with Crippen molar-refractivity contribution < 1.29 is 0 Å². The SMILES string of the molecule is CCNC(C1CCCCCC1)C1CCc2cccnc21. The fourth-order valence-electron chi connectivity index (χ4n) is 4.34. The molecule has 0 radical (unpaired) electrons. The Bertz CT molecular complexity index is 421. The van der Waals surface area contributed by atoms with Gasteiger partial charge in [-0.05, 0) is 49.8 Å². The van der Waals surface area contributed by atoms with Crippen molar-refractivity contribution in [1.29, 1.82) is 0 Å². The zero-order valence-corrected chi connectivity index (χ0v) is 12.8. The Kier molecular flexibility index (Phi) is 4.72. The van der Waals surface area contributed by atoms with Crippen molar-refractivity contribution in [3.8, 4) is 0 Å². The van der Waals surface area contributed by atoms with E-state index < -0.39 is 0 Å². The molecule has 110 valence electrons. The summed E-state index contributed by atoms with van der Waals surface area (Å²) < 4.78 is 0. The highest BCUT2D eigenvalue weighted by Crippen LogP contribution is 2.39. The number of hydrogen-bond donors (Lipinski definition) is 1. The number of nitrogens with one attached hydrogen (secondary N) is 1. The number of pyridine rings is 1. The molecule has 2 unspecified atom stereocenters. The van der Waals surface area contributed by atoms with Gasteiger partial charge in [0.1, 0.15) is 0 Å². The van der Waals surface area contributed by atoms with Crippen LogP contribution in [0.25, 0.3) is 0 Å². The van der Waals surface area contributed by atoms with Crippen LogP contribution in [0.2, 0.25) is 0 Å². The van der Waals surface area contributed by atoms with E-state index in [2.05, 4.69) is 24.4 Å². The quantitative estimate of drug-likeness (QED) is 0.836. The van der Waals surface area contributed by atoms with Gasteiger partial charge in [-0.2, -0.15) is 0 Å². The molecule has 1 aromatic heterocycles. The first kappa shape index (κ1) is 14.1. The van der Waals surface area contributed by atoms with Gasteiger partial charge in [0.05, 0.1) is 0 Å². The van der Waals surface area contributed by atoms with Crippen LogP contribution in [0.1, 0.15) is 69.0 Å². The molecule has 0 aromatic carbocycles. The van der Waals surface area contributed by atoms with Gasteiger partial charge in [-0.25, -0.2) is 0 Å². The highest BCUT2D eigenvalue weighted by Gasteiger charge is 2.35. The minimum Gasteiger partial charge on any atom is -0.313 e. The van der Waals surface area contributed by atoms with Crippen molar-refractivity contribution in [3.63, 3.8) is 0 Å². The smallest absolute Gasteiger partial charge is 0.0482 e. The van der Waals surface area contributed by atoms with Crippen LogP contribution in [0, 0.1) is 5.92 Å². The summed E-state index contributed by atoms with van der Waals surface area (Å²) in [5.41, 5.74) is 2.89. The number of fused-ring (bicyclic) bond motifs is 1. The van der Waals surface area contributed by atoms with Gasteiger partial charge in [-0.1, -0.05) is 38.7 Å². The number of hydrogen-bond acceptors (Lipinski definition) is 2. The summed E-state index contributed by atoms with van der Waals surface area (Å²) in [6.07, 6.45) is 13.1. The zero-order chi connectivity index (χ0) is 13.8. The molecule has 3 rings (SSSR count). The summed E-state index contributed by atoms with van der Waals surface area (Å²) in [5.74, 6) is 1.50. The number of likely N-dealkylation sites (N-methyl/N-ethyl adjacent to an activating group) is 1. The third kappa shape index (κ3) is 2.90. The lowest BCUT2D eigenvalue weighted by Crippen LogP contribution is -2.40. The number of aryl methyl sites for hydroxylation is 1. The molecule has 2 aliphatic rings. The van der Waals surface area contributed by atoms with Gasteiger partial charge in [0.25, 0.3) is 0 Å². The molecular formula is C18H28N2. The fourth-order valence-corrected chi connectivity index (χ4v) is 4.34. The molecule has 0 aliphatic heterocycles. The van der Waals surface area contributed by atoms with Crippen LogP contribution < -0.4 is 5.32 Å². The van der Waals surface area contributed by atoms with E-state index in [0.29, 0.717) is 12.0 Å². The first-order valence-corrected chi connectivity index (χ1v) is 8.57. The van der Waals surface area contributed by atoms with Crippen molar-refractivity contribution in [3.05, 3.63) is 29.6 Å². The topological polar surface area (TPSA) is 24.9 Å². The van der Waals surface area contributed by atoms with E-state index in [1.165, 1.54) is 62.6 Å². The van der Waals surface area contributed by atoms with Crippen LogP contribution in [-0.4, -0.2) is 17.6 Å². The Morgan fingerprint density at radius 3 is 2.75 bits per heavy atom. The van der Waals surface area contributed by atoms with Crippen LogP contribution in [0.15, 0.2) is 18.3 Å². The predicted molar refractivity (Wildman–Crippen MR) is 84.0 cm³/mol. The van der Waals surface area contributed by atoms with Gasteiger partial charge in [-0.3, -0.25) is 4.98 Å². The van der Waals surface area contributed by atoms with Gasteiger partial charge in [0.2, 0.25) is 0 Å². The van der Waals surface area contributed by atoms with E-state index in [4.69, 9.17) is 4.98 Å². The Morgan fingerprint density at radius 1 is 1.20 bits per heavy atom. The maximum absolute atomic E-state index is 4.72. The average molecular weight is 272 g/mol. The van der Waals surface area contributed by atoms with Crippen molar-refractivity contribution in [2.45, 2.75) is 70.3 Å². The fraction of sp³-hybridized carbons (Fsp3) is 0.722. The van der Waals surface area contributed by atoms with E-state index in [1.807, 2.05) is 6.20 Å². The maximum Gasteiger partial charge on any atom is 0.0482 e. The Balaban J connectivity index is 1.80. The molecule has 0 saturated heterocycles. The normalized spacial score (nSPS) is 25.1. The van der Waals surface area contributed by atoms with Crippen LogP contribution >= 0.6 is 0 Å². The molecule has 1 saturated carbocycles. The van der Waals surface area contributed by atoms with E-state index >= 15 is 0 Å². The largest absolute Gasteiger partial charge is 0.313 e. The summed E-state index contributed by atoms with van der Waals surface area (Å²) in [4.78, 5) is 4.72. The van der Waals surface area contributed by atoms with Crippen LogP contribution in [-0.2, 0) is 6.42 Å². The van der Waals surface area contributed by atoms with Gasteiger partial charge >= 0.3 is 0 Å². The molecule has 1 heterocycles. The Labute approximate surface area is 123 Å². The second-order valence-corrected chi connectivity index (χ2v) is 6.53. The molecule has 0 spiro atoms. The molecule has 1 fully saturated rings. The Hall–Kier alpha value is -0.890. The lowest BCUT2D eigenvalue weighted by Gasteiger charge is -2.32. The van der Waals surface area contributed by atoms with Gasteiger partial charge < -0.3 is 5.32 Å². The van der Waals surface area contributed by atoms with E-state index in [0.717, 1.165) is 12.5 Å². The molecule has 1 N–H and O–H groups in total. The summed E-state index contributed by atoms with van der Waals surface area (Å²) in [6.45, 7) is 3.33. The van der Waals surface area contributed by atoms with Crippen LogP contribution in [0.3, 0.4) is 0 Å². The van der Waals surface area contributed by atoms with E-state index in [9.17, 15) is 0 Å². The summed E-state index contributed by atoms with van der Waals surface area (Å²) in [5, 5.41) is 3.82. The number of aromatic nitrogens is 1.